The van der Waals surface area contributed by atoms with E-state index in [0.29, 0.717) is 6.61 Å². The monoisotopic (exact) mass is 314 g/mol. The van der Waals surface area contributed by atoms with Gasteiger partial charge in [0.2, 0.25) is 4.33 Å². The lowest BCUT2D eigenvalue weighted by molar-refractivity contribution is -0.152. The number of alkyl halides is 2. The third-order valence-electron chi connectivity index (χ3n) is 2.59. The van der Waals surface area contributed by atoms with E-state index in [9.17, 15) is 9.90 Å². The van der Waals surface area contributed by atoms with Crippen LogP contribution in [-0.2, 0) is 19.0 Å². The van der Waals surface area contributed by atoms with E-state index in [0.717, 1.165) is 0 Å². The number of ether oxygens (including phenoxy) is 3. The minimum Gasteiger partial charge on any atom is -0.461 e. The zero-order chi connectivity index (χ0) is 14.8. The molecule has 2 atom stereocenters. The van der Waals surface area contributed by atoms with Crippen LogP contribution in [0.25, 0.3) is 0 Å². The molecule has 19 heavy (non-hydrogen) atoms. The van der Waals surface area contributed by atoms with E-state index in [-0.39, 0.29) is 18.6 Å². The van der Waals surface area contributed by atoms with Gasteiger partial charge >= 0.3 is 5.97 Å². The van der Waals surface area contributed by atoms with Gasteiger partial charge in [-0.15, -0.1) is 0 Å². The molecule has 0 amide bonds. The highest BCUT2D eigenvalue weighted by molar-refractivity contribution is 6.58. The van der Waals surface area contributed by atoms with Gasteiger partial charge in [-0.3, -0.25) is 0 Å². The molecule has 1 fully saturated rings. The van der Waals surface area contributed by atoms with E-state index in [4.69, 9.17) is 37.4 Å². The normalized spacial score (nSPS) is 24.5. The van der Waals surface area contributed by atoms with Crippen LogP contribution in [0.3, 0.4) is 0 Å². The molecule has 7 heteroatoms. The van der Waals surface area contributed by atoms with Crippen LogP contribution in [0.5, 0.6) is 0 Å². The van der Waals surface area contributed by atoms with Crippen molar-refractivity contribution in [3.05, 3.63) is 0 Å². The van der Waals surface area contributed by atoms with Crippen molar-refractivity contribution in [3.8, 4) is 0 Å². The van der Waals surface area contributed by atoms with Crippen LogP contribution >= 0.6 is 23.2 Å². The standard InChI is InChI=1S/C12H20Cl2O5/c1-7(2)18-10(16)12(13,14)9(15)5-8-6-17-11(3,4)19-8/h7-9,15H,5-6H2,1-4H3/t8-,9+/m0/s1. The van der Waals surface area contributed by atoms with Crippen molar-refractivity contribution < 1.29 is 24.1 Å². The summed E-state index contributed by atoms with van der Waals surface area (Å²) in [5.74, 6) is -1.57. The first-order valence-electron chi connectivity index (χ1n) is 6.13. The Morgan fingerprint density at radius 2 is 2.11 bits per heavy atom. The number of halogens is 2. The summed E-state index contributed by atoms with van der Waals surface area (Å²) >= 11 is 11.8. The summed E-state index contributed by atoms with van der Waals surface area (Å²) in [7, 11) is 0. The Balaban J connectivity index is 2.56. The van der Waals surface area contributed by atoms with E-state index >= 15 is 0 Å². The van der Waals surface area contributed by atoms with Crippen LogP contribution in [0.4, 0.5) is 0 Å². The Bertz CT molecular complexity index is 330. The van der Waals surface area contributed by atoms with Crippen LogP contribution in [0, 0.1) is 0 Å². The molecule has 0 aromatic rings. The molecule has 1 saturated heterocycles. The quantitative estimate of drug-likeness (QED) is 0.621. The molecule has 1 heterocycles. The highest BCUT2D eigenvalue weighted by atomic mass is 35.5. The fraction of sp³-hybridized carbons (Fsp3) is 0.917. The molecular weight excluding hydrogens is 295 g/mol. The number of carbonyl (C=O) groups is 1. The van der Waals surface area contributed by atoms with Gasteiger partial charge in [0.1, 0.15) is 6.10 Å². The SMILES string of the molecule is CC(C)OC(=O)C(Cl)(Cl)[C@H](O)C[C@H]1COC(C)(C)O1. The molecule has 0 saturated carbocycles. The number of esters is 1. The summed E-state index contributed by atoms with van der Waals surface area (Å²) < 4.78 is 13.8. The maximum atomic E-state index is 11.7. The van der Waals surface area contributed by atoms with Gasteiger partial charge in [0.05, 0.1) is 18.8 Å². The van der Waals surface area contributed by atoms with Crippen molar-refractivity contribution in [2.75, 3.05) is 6.61 Å². The van der Waals surface area contributed by atoms with Gasteiger partial charge in [-0.2, -0.15) is 0 Å². The number of carbonyl (C=O) groups excluding carboxylic acids is 1. The topological polar surface area (TPSA) is 65.0 Å². The van der Waals surface area contributed by atoms with Crippen LogP contribution in [0.1, 0.15) is 34.1 Å². The summed E-state index contributed by atoms with van der Waals surface area (Å²) in [6.07, 6.45) is -1.94. The van der Waals surface area contributed by atoms with Crippen LogP contribution < -0.4 is 0 Å². The number of hydrogen-bond acceptors (Lipinski definition) is 5. The smallest absolute Gasteiger partial charge is 0.345 e. The fourth-order valence-electron chi connectivity index (χ4n) is 1.70. The van der Waals surface area contributed by atoms with Crippen LogP contribution in [0.15, 0.2) is 0 Å². The molecule has 0 unspecified atom stereocenters. The van der Waals surface area contributed by atoms with Crippen molar-refractivity contribution >= 4 is 29.2 Å². The average molecular weight is 315 g/mol. The predicted molar refractivity (Wildman–Crippen MR) is 71.2 cm³/mol. The van der Waals surface area contributed by atoms with Gasteiger partial charge in [-0.1, -0.05) is 23.2 Å². The van der Waals surface area contributed by atoms with Gasteiger partial charge in [-0.25, -0.2) is 4.79 Å². The largest absolute Gasteiger partial charge is 0.461 e. The first-order valence-corrected chi connectivity index (χ1v) is 6.89. The van der Waals surface area contributed by atoms with E-state index in [1.165, 1.54) is 0 Å². The van der Waals surface area contributed by atoms with Crippen LogP contribution in [-0.4, -0.2) is 46.1 Å². The average Bonchev–Trinajstić information content (AvgIpc) is 2.56. The molecule has 0 aromatic heterocycles. The number of hydrogen-bond donors (Lipinski definition) is 1. The first kappa shape index (κ1) is 17.0. The van der Waals surface area contributed by atoms with E-state index < -0.39 is 22.2 Å². The second-order valence-corrected chi connectivity index (χ2v) is 6.67. The van der Waals surface area contributed by atoms with Gasteiger partial charge in [0, 0.05) is 6.42 Å². The zero-order valence-electron chi connectivity index (χ0n) is 11.5. The molecule has 0 radical (unpaired) electrons. The molecule has 5 nitrogen and oxygen atoms in total. The molecule has 1 N–H and O–H groups in total. The Morgan fingerprint density at radius 1 is 1.53 bits per heavy atom. The highest BCUT2D eigenvalue weighted by Gasteiger charge is 2.46. The molecule has 1 aliphatic rings. The fourth-order valence-corrected chi connectivity index (χ4v) is 1.97. The van der Waals surface area contributed by atoms with Gasteiger partial charge in [0.15, 0.2) is 5.79 Å². The molecule has 0 spiro atoms. The van der Waals surface area contributed by atoms with Gasteiger partial charge in [-0.05, 0) is 27.7 Å². The van der Waals surface area contributed by atoms with Crippen molar-refractivity contribution in [1.29, 1.82) is 0 Å². The summed E-state index contributed by atoms with van der Waals surface area (Å²) in [6.45, 7) is 7.18. The van der Waals surface area contributed by atoms with Crippen molar-refractivity contribution in [1.82, 2.24) is 0 Å². The minimum absolute atomic E-state index is 0.0869. The first-order chi connectivity index (χ1) is 8.54. The summed E-state index contributed by atoms with van der Waals surface area (Å²) in [4.78, 5) is 11.7. The number of aliphatic hydroxyl groups excluding tert-OH is 1. The molecule has 0 bridgehead atoms. The van der Waals surface area contributed by atoms with Crippen molar-refractivity contribution in [3.63, 3.8) is 0 Å². The summed E-state index contributed by atoms with van der Waals surface area (Å²) in [6, 6.07) is 0. The lowest BCUT2D eigenvalue weighted by Crippen LogP contribution is -2.43. The minimum atomic E-state index is -2.01. The van der Waals surface area contributed by atoms with Gasteiger partial charge < -0.3 is 19.3 Å². The lowest BCUT2D eigenvalue weighted by atomic mass is 10.1. The maximum absolute atomic E-state index is 11.7. The second-order valence-electron chi connectivity index (χ2n) is 5.28. The third kappa shape index (κ3) is 4.76. The Morgan fingerprint density at radius 3 is 2.53 bits per heavy atom. The van der Waals surface area contributed by atoms with E-state index in [1.54, 1.807) is 27.7 Å². The Kier molecular flexibility index (Phi) is 5.49. The van der Waals surface area contributed by atoms with Crippen LogP contribution in [0.2, 0.25) is 0 Å². The predicted octanol–water partition coefficient (Wildman–Crippen LogP) is 2.01. The van der Waals surface area contributed by atoms with Crippen molar-refractivity contribution in [2.45, 2.75) is 62.5 Å². The second kappa shape index (κ2) is 6.14. The molecule has 1 rings (SSSR count). The molecule has 0 aromatic carbocycles. The molecule has 1 aliphatic heterocycles. The number of aliphatic hydroxyl groups is 1. The third-order valence-corrected chi connectivity index (χ3v) is 3.40. The molecule has 0 aliphatic carbocycles. The maximum Gasteiger partial charge on any atom is 0.345 e. The molecule has 112 valence electrons. The molecular formula is C12H20Cl2O5. The lowest BCUT2D eigenvalue weighted by Gasteiger charge is -2.26. The summed E-state index contributed by atoms with van der Waals surface area (Å²) in [5.41, 5.74) is 0. The Labute approximate surface area is 123 Å². The van der Waals surface area contributed by atoms with Gasteiger partial charge in [0.25, 0.3) is 0 Å². The van der Waals surface area contributed by atoms with Crippen molar-refractivity contribution in [2.24, 2.45) is 0 Å². The van der Waals surface area contributed by atoms with E-state index in [2.05, 4.69) is 0 Å². The number of rotatable bonds is 5. The Hall–Kier alpha value is -0.0700. The zero-order valence-corrected chi connectivity index (χ0v) is 13.0. The summed E-state index contributed by atoms with van der Waals surface area (Å²) in [5, 5.41) is 9.99. The highest BCUT2D eigenvalue weighted by Crippen LogP contribution is 2.33. The van der Waals surface area contributed by atoms with E-state index in [1.807, 2.05) is 0 Å².